The molecule has 0 unspecified atom stereocenters. The van der Waals surface area contributed by atoms with Gasteiger partial charge in [0, 0.05) is 17.0 Å². The number of pyridine rings is 2. The number of nitrogens with two attached hydrogens (primary N) is 1. The van der Waals surface area contributed by atoms with Crippen molar-refractivity contribution in [3.8, 4) is 0 Å². The van der Waals surface area contributed by atoms with Crippen LogP contribution in [0.2, 0.25) is 0 Å². The summed E-state index contributed by atoms with van der Waals surface area (Å²) in [5.74, 6) is -0.509. The molecule has 4 aromatic rings. The maximum Gasteiger partial charge on any atom is 0.433 e. The molecule has 0 spiro atoms. The maximum atomic E-state index is 13.0. The molecule has 3 heterocycles. The number of alkyl halides is 3. The fraction of sp³-hybridized carbons (Fsp3) is 0.105. The Morgan fingerprint density at radius 3 is 2.75 bits per heavy atom. The Labute approximate surface area is 161 Å². The second kappa shape index (κ2) is 6.45. The standard InChI is InChI=1S/C19H13F3N4OS/c1-9-8-13(19(20,21)22)26-18-14(9)15(23)16(28-18)17(27)25-12-6-2-5-11-10(12)4-3-7-24-11/h2-8H,23H2,1H3,(H,25,27). The topological polar surface area (TPSA) is 80.9 Å². The van der Waals surface area contributed by atoms with Crippen LogP contribution in [0.25, 0.3) is 21.1 Å². The largest absolute Gasteiger partial charge is 0.433 e. The molecule has 0 saturated carbocycles. The van der Waals surface area contributed by atoms with E-state index in [0.29, 0.717) is 22.2 Å². The van der Waals surface area contributed by atoms with E-state index in [-0.39, 0.29) is 15.4 Å². The van der Waals surface area contributed by atoms with Gasteiger partial charge in [0.15, 0.2) is 0 Å². The lowest BCUT2D eigenvalue weighted by Crippen LogP contribution is -2.12. The van der Waals surface area contributed by atoms with Crippen molar-refractivity contribution >= 4 is 49.7 Å². The van der Waals surface area contributed by atoms with E-state index in [9.17, 15) is 18.0 Å². The van der Waals surface area contributed by atoms with Crippen LogP contribution in [-0.4, -0.2) is 15.9 Å². The van der Waals surface area contributed by atoms with Crippen LogP contribution in [0.15, 0.2) is 42.6 Å². The highest BCUT2D eigenvalue weighted by Crippen LogP contribution is 2.38. The lowest BCUT2D eigenvalue weighted by atomic mass is 10.1. The van der Waals surface area contributed by atoms with Crippen molar-refractivity contribution in [3.63, 3.8) is 0 Å². The van der Waals surface area contributed by atoms with Gasteiger partial charge in [0.25, 0.3) is 5.91 Å². The second-order valence-corrected chi connectivity index (χ2v) is 7.18. The van der Waals surface area contributed by atoms with E-state index in [0.717, 1.165) is 22.8 Å². The first-order chi connectivity index (χ1) is 13.3. The molecule has 0 aliphatic carbocycles. The van der Waals surface area contributed by atoms with Crippen molar-refractivity contribution in [2.75, 3.05) is 11.1 Å². The maximum absolute atomic E-state index is 13.0. The Morgan fingerprint density at radius 1 is 1.21 bits per heavy atom. The SMILES string of the molecule is Cc1cc(C(F)(F)F)nc2sc(C(=O)Nc3cccc4ncccc34)c(N)c12. The Bertz CT molecular complexity index is 1230. The quantitative estimate of drug-likeness (QED) is 0.494. The first kappa shape index (κ1) is 18.2. The van der Waals surface area contributed by atoms with Crippen LogP contribution in [0.5, 0.6) is 0 Å². The lowest BCUT2D eigenvalue weighted by molar-refractivity contribution is -0.141. The Hall–Kier alpha value is -3.20. The average molecular weight is 402 g/mol. The monoisotopic (exact) mass is 402 g/mol. The zero-order chi connectivity index (χ0) is 20.1. The van der Waals surface area contributed by atoms with Gasteiger partial charge in [-0.2, -0.15) is 13.2 Å². The van der Waals surface area contributed by atoms with Crippen molar-refractivity contribution in [3.05, 3.63) is 58.7 Å². The van der Waals surface area contributed by atoms with Gasteiger partial charge >= 0.3 is 6.18 Å². The number of nitrogens with zero attached hydrogens (tertiary/aromatic N) is 2. The third-order valence-corrected chi connectivity index (χ3v) is 5.38. The van der Waals surface area contributed by atoms with E-state index >= 15 is 0 Å². The molecule has 0 radical (unpaired) electrons. The Kier molecular flexibility index (Phi) is 4.19. The fourth-order valence-electron chi connectivity index (χ4n) is 3.02. The summed E-state index contributed by atoms with van der Waals surface area (Å²) in [7, 11) is 0. The van der Waals surface area contributed by atoms with Gasteiger partial charge in [-0.15, -0.1) is 11.3 Å². The summed E-state index contributed by atoms with van der Waals surface area (Å²) in [6.45, 7) is 1.51. The molecular weight excluding hydrogens is 389 g/mol. The molecule has 0 atom stereocenters. The highest BCUT2D eigenvalue weighted by Gasteiger charge is 2.34. The van der Waals surface area contributed by atoms with Crippen LogP contribution in [0, 0.1) is 6.92 Å². The van der Waals surface area contributed by atoms with Gasteiger partial charge in [0.2, 0.25) is 0 Å². The second-order valence-electron chi connectivity index (χ2n) is 6.18. The summed E-state index contributed by atoms with van der Waals surface area (Å²) in [5.41, 5.74) is 6.75. The number of rotatable bonds is 2. The van der Waals surface area contributed by atoms with Gasteiger partial charge in [-0.3, -0.25) is 9.78 Å². The number of carbonyl (C=O) groups is 1. The third kappa shape index (κ3) is 3.03. The third-order valence-electron chi connectivity index (χ3n) is 4.29. The summed E-state index contributed by atoms with van der Waals surface area (Å²) in [5, 5.41) is 3.87. The number of hydrogen-bond donors (Lipinski definition) is 2. The molecule has 4 rings (SSSR count). The van der Waals surface area contributed by atoms with Crippen LogP contribution in [0.4, 0.5) is 24.5 Å². The van der Waals surface area contributed by atoms with E-state index in [2.05, 4.69) is 15.3 Å². The molecule has 9 heteroatoms. The van der Waals surface area contributed by atoms with Crippen molar-refractivity contribution in [1.82, 2.24) is 9.97 Å². The van der Waals surface area contributed by atoms with Crippen molar-refractivity contribution in [2.24, 2.45) is 0 Å². The number of anilines is 2. The number of hydrogen-bond acceptors (Lipinski definition) is 5. The molecule has 1 amide bonds. The van der Waals surface area contributed by atoms with Crippen LogP contribution in [0.3, 0.4) is 0 Å². The fourth-order valence-corrected chi connectivity index (χ4v) is 4.08. The molecule has 0 saturated heterocycles. The zero-order valence-corrected chi connectivity index (χ0v) is 15.3. The number of amides is 1. The minimum absolute atomic E-state index is 0.0783. The lowest BCUT2D eigenvalue weighted by Gasteiger charge is -2.08. The molecule has 3 N–H and O–H groups in total. The van der Waals surface area contributed by atoms with E-state index in [4.69, 9.17) is 5.73 Å². The van der Waals surface area contributed by atoms with Crippen LogP contribution < -0.4 is 11.1 Å². The van der Waals surface area contributed by atoms with Crippen molar-refractivity contribution in [2.45, 2.75) is 13.1 Å². The molecular formula is C19H13F3N4OS. The number of fused-ring (bicyclic) bond motifs is 2. The van der Waals surface area contributed by atoms with Gasteiger partial charge in [-0.25, -0.2) is 4.98 Å². The highest BCUT2D eigenvalue weighted by molar-refractivity contribution is 7.21. The average Bonchev–Trinajstić information content (AvgIpc) is 2.98. The molecule has 0 aliphatic heterocycles. The van der Waals surface area contributed by atoms with Crippen LogP contribution in [-0.2, 0) is 6.18 Å². The number of aryl methyl sites for hydroxylation is 1. The normalized spacial score (nSPS) is 11.9. The van der Waals surface area contributed by atoms with Crippen molar-refractivity contribution < 1.29 is 18.0 Å². The number of thiophene rings is 1. The van der Waals surface area contributed by atoms with E-state index in [1.807, 2.05) is 12.1 Å². The Morgan fingerprint density at radius 2 is 2.00 bits per heavy atom. The molecule has 1 aromatic carbocycles. The summed E-state index contributed by atoms with van der Waals surface area (Å²) < 4.78 is 39.1. The van der Waals surface area contributed by atoms with E-state index < -0.39 is 17.8 Å². The molecule has 0 aliphatic rings. The predicted octanol–water partition coefficient (Wildman–Crippen LogP) is 5.01. The summed E-state index contributed by atoms with van der Waals surface area (Å²) >= 11 is 0.837. The number of nitrogen functional groups attached to an aromatic ring is 1. The molecule has 0 fully saturated rings. The number of halogens is 3. The van der Waals surface area contributed by atoms with Crippen LogP contribution in [0.1, 0.15) is 20.9 Å². The van der Waals surface area contributed by atoms with E-state index in [1.54, 1.807) is 24.4 Å². The number of carbonyl (C=O) groups excluding carboxylic acids is 1. The van der Waals surface area contributed by atoms with Gasteiger partial charge < -0.3 is 11.1 Å². The van der Waals surface area contributed by atoms with E-state index in [1.165, 1.54) is 6.92 Å². The van der Waals surface area contributed by atoms with Gasteiger partial charge in [-0.1, -0.05) is 6.07 Å². The van der Waals surface area contributed by atoms with Crippen molar-refractivity contribution in [1.29, 1.82) is 0 Å². The highest BCUT2D eigenvalue weighted by atomic mass is 32.1. The first-order valence-electron chi connectivity index (χ1n) is 8.17. The predicted molar refractivity (Wildman–Crippen MR) is 103 cm³/mol. The Balaban J connectivity index is 1.77. The summed E-state index contributed by atoms with van der Waals surface area (Å²) in [6.07, 6.45) is -2.93. The minimum atomic E-state index is -4.57. The molecule has 5 nitrogen and oxygen atoms in total. The molecule has 3 aromatic heterocycles. The number of aromatic nitrogens is 2. The minimum Gasteiger partial charge on any atom is -0.397 e. The van der Waals surface area contributed by atoms with Crippen LogP contribution >= 0.6 is 11.3 Å². The van der Waals surface area contributed by atoms with Gasteiger partial charge in [-0.05, 0) is 42.8 Å². The van der Waals surface area contributed by atoms with Gasteiger partial charge in [0.05, 0.1) is 16.9 Å². The van der Waals surface area contributed by atoms with Gasteiger partial charge in [0.1, 0.15) is 15.4 Å². The number of nitrogens with one attached hydrogen (secondary N) is 1. The summed E-state index contributed by atoms with van der Waals surface area (Å²) in [4.78, 5) is 20.9. The molecule has 28 heavy (non-hydrogen) atoms. The molecule has 142 valence electrons. The first-order valence-corrected chi connectivity index (χ1v) is 8.99. The zero-order valence-electron chi connectivity index (χ0n) is 14.5. The molecule has 0 bridgehead atoms. The number of benzene rings is 1. The summed E-state index contributed by atoms with van der Waals surface area (Å²) in [6, 6.07) is 9.77. The smallest absolute Gasteiger partial charge is 0.397 e.